The molecule has 5 heterocycles. The molecule has 0 bridgehead atoms. The van der Waals surface area contributed by atoms with Crippen molar-refractivity contribution in [2.45, 2.75) is 32.5 Å². The van der Waals surface area contributed by atoms with Gasteiger partial charge < -0.3 is 30.2 Å². The number of nitrogens with zero attached hydrogens (tertiary/aromatic N) is 5. The van der Waals surface area contributed by atoms with E-state index in [1.165, 1.54) is 30.6 Å². The number of rotatable bonds is 6. The molecule has 18 nitrogen and oxygen atoms in total. The second kappa shape index (κ2) is 14.9. The molecule has 58 heavy (non-hydrogen) atoms. The minimum absolute atomic E-state index is 0.0323. The first-order valence-electron chi connectivity index (χ1n) is 17.0. The van der Waals surface area contributed by atoms with Crippen molar-refractivity contribution < 1.29 is 37.0 Å². The van der Waals surface area contributed by atoms with Crippen molar-refractivity contribution in [2.75, 3.05) is 11.1 Å². The molecule has 0 fully saturated rings. The Balaban J connectivity index is 0.000000236. The van der Waals surface area contributed by atoms with Gasteiger partial charge in [-0.1, -0.05) is 0 Å². The molecule has 0 radical (unpaired) electrons. The molecule has 296 valence electrons. The number of benzene rings is 3. The highest BCUT2D eigenvalue weighted by atomic mass is 19.4. The van der Waals surface area contributed by atoms with Gasteiger partial charge in [-0.05, 0) is 87.5 Å². The lowest BCUT2D eigenvalue weighted by molar-refractivity contribution is -0.137. The summed E-state index contributed by atoms with van der Waals surface area (Å²) >= 11 is 0. The number of nitrogens with two attached hydrogens (primary N) is 1. The van der Waals surface area contributed by atoms with Crippen LogP contribution < -0.4 is 31.9 Å². The minimum atomic E-state index is -4.69. The molecule has 0 saturated heterocycles. The smallest absolute Gasteiger partial charge is 0.435 e. The number of pyridine rings is 1. The van der Waals surface area contributed by atoms with Crippen LogP contribution in [0.5, 0.6) is 23.1 Å². The molecular formula is C37H30F3N11O7. The molecule has 0 unspecified atom stereocenters. The van der Waals surface area contributed by atoms with Crippen molar-refractivity contribution in [3.8, 4) is 23.1 Å². The van der Waals surface area contributed by atoms with E-state index in [1.807, 2.05) is 0 Å². The topological polar surface area (TPSA) is 254 Å². The van der Waals surface area contributed by atoms with Gasteiger partial charge in [-0.15, -0.1) is 0 Å². The zero-order valence-electron chi connectivity index (χ0n) is 30.4. The molecule has 5 aromatic heterocycles. The van der Waals surface area contributed by atoms with Gasteiger partial charge in [0.25, 0.3) is 5.91 Å². The maximum absolute atomic E-state index is 13.4. The van der Waals surface area contributed by atoms with Crippen molar-refractivity contribution in [3.63, 3.8) is 0 Å². The number of carbonyl (C=O) groups is 2. The zero-order chi connectivity index (χ0) is 41.4. The molecule has 1 amide bonds. The molecule has 0 aliphatic heterocycles. The summed E-state index contributed by atoms with van der Waals surface area (Å²) in [5.41, 5.74) is 4.87. The van der Waals surface area contributed by atoms with Gasteiger partial charge in [-0.2, -0.15) is 27.9 Å². The number of H-pyrrole nitrogens is 4. The molecule has 21 heteroatoms. The molecule has 0 aliphatic rings. The van der Waals surface area contributed by atoms with E-state index in [4.69, 9.17) is 19.9 Å². The zero-order valence-corrected chi connectivity index (χ0v) is 30.4. The molecule has 0 aliphatic carbocycles. The van der Waals surface area contributed by atoms with E-state index in [1.54, 1.807) is 57.3 Å². The van der Waals surface area contributed by atoms with Crippen LogP contribution in [0.1, 0.15) is 36.8 Å². The number of alkyl halides is 3. The number of amides is 1. The predicted octanol–water partition coefficient (Wildman–Crippen LogP) is 6.47. The third-order valence-corrected chi connectivity index (χ3v) is 7.89. The van der Waals surface area contributed by atoms with Crippen LogP contribution in [-0.2, 0) is 10.9 Å². The standard InChI is InChI=1S/C25H20F3N7O5.C12H10N4O2/c1-24(2,3)40-23(38)35-16-9-4-12(25(26,27)28)10-15(16)17(34-35)20(36)31-13-5-7-14(8-6-13)39-21-18-19(29-11-30-21)33-22(37)32-18;13-7-1-3-8(4-2-7)18-9-5-6-14-11-10(9)15-12(17)16-11/h4-11H,1-3H3,(H,31,36)(H2,29,30,32,33,37);1-6H,13H2,(H2,14,15,16,17). The number of hydrogen-bond donors (Lipinski definition) is 6. The van der Waals surface area contributed by atoms with Gasteiger partial charge in [0.15, 0.2) is 22.7 Å². The molecule has 8 aromatic rings. The van der Waals surface area contributed by atoms with Crippen molar-refractivity contribution in [3.05, 3.63) is 118 Å². The number of nitrogens with one attached hydrogen (secondary N) is 5. The van der Waals surface area contributed by atoms with Crippen LogP contribution in [0.4, 0.5) is 29.3 Å². The maximum atomic E-state index is 13.4. The van der Waals surface area contributed by atoms with Crippen LogP contribution in [-0.4, -0.2) is 62.3 Å². The van der Waals surface area contributed by atoms with Gasteiger partial charge in [0.05, 0.1) is 11.1 Å². The number of anilines is 2. The Morgan fingerprint density at radius 2 is 1.41 bits per heavy atom. The Morgan fingerprint density at radius 3 is 2.09 bits per heavy atom. The van der Waals surface area contributed by atoms with Gasteiger partial charge in [0.2, 0.25) is 5.88 Å². The summed E-state index contributed by atoms with van der Waals surface area (Å²) in [6, 6.07) is 17.2. The molecule has 0 saturated carbocycles. The monoisotopic (exact) mass is 797 g/mol. The van der Waals surface area contributed by atoms with Gasteiger partial charge in [0.1, 0.15) is 34.5 Å². The highest BCUT2D eigenvalue weighted by molar-refractivity contribution is 6.12. The number of aromatic amines is 4. The second-order valence-corrected chi connectivity index (χ2v) is 13.3. The fraction of sp³-hybridized carbons (Fsp3) is 0.135. The summed E-state index contributed by atoms with van der Waals surface area (Å²) in [6.45, 7) is 4.85. The Bertz CT molecular complexity index is 2920. The number of nitrogen functional groups attached to an aromatic ring is 1. The highest BCUT2D eigenvalue weighted by Gasteiger charge is 2.33. The third kappa shape index (κ3) is 8.46. The average Bonchev–Trinajstić information content (AvgIpc) is 3.86. The summed E-state index contributed by atoms with van der Waals surface area (Å²) in [5.74, 6) is 0.693. The molecule has 3 aromatic carbocycles. The molecule has 8 rings (SSSR count). The van der Waals surface area contributed by atoms with Gasteiger partial charge in [0, 0.05) is 29.0 Å². The first-order valence-corrected chi connectivity index (χ1v) is 17.0. The first kappa shape index (κ1) is 38.3. The Labute approximate surface area is 322 Å². The van der Waals surface area contributed by atoms with Crippen LogP contribution in [0.3, 0.4) is 0 Å². The largest absolute Gasteiger partial charge is 0.455 e. The summed E-state index contributed by atoms with van der Waals surface area (Å²) in [6.07, 6.45) is -2.87. The van der Waals surface area contributed by atoms with Gasteiger partial charge in [-0.25, -0.2) is 24.4 Å². The van der Waals surface area contributed by atoms with Crippen molar-refractivity contribution in [1.29, 1.82) is 0 Å². The SMILES string of the molecule is CC(C)(C)OC(=O)n1nc(C(=O)Nc2ccc(Oc3ncnc4[nH]c(=O)[nH]c34)cc2)c2cc(C(F)(F)F)ccc21.Nc1ccc(Oc2ccnc3[nH]c(=O)[nH]c23)cc1. The number of halogens is 3. The number of ether oxygens (including phenoxy) is 3. The molecular weight excluding hydrogens is 767 g/mol. The number of imidazole rings is 2. The maximum Gasteiger partial charge on any atom is 0.435 e. The predicted molar refractivity (Wildman–Crippen MR) is 203 cm³/mol. The first-order chi connectivity index (χ1) is 27.5. The summed E-state index contributed by atoms with van der Waals surface area (Å²) in [4.78, 5) is 70.8. The molecule has 7 N–H and O–H groups in total. The summed E-state index contributed by atoms with van der Waals surface area (Å²) < 4.78 is 57.6. The third-order valence-electron chi connectivity index (χ3n) is 7.89. The van der Waals surface area contributed by atoms with E-state index in [-0.39, 0.29) is 39.3 Å². The summed E-state index contributed by atoms with van der Waals surface area (Å²) in [5, 5.41) is 6.35. The minimum Gasteiger partial charge on any atom is -0.455 e. The number of fused-ring (bicyclic) bond motifs is 3. The lowest BCUT2D eigenvalue weighted by Gasteiger charge is -2.19. The lowest BCUT2D eigenvalue weighted by Crippen LogP contribution is -2.28. The average molecular weight is 798 g/mol. The number of aromatic nitrogens is 9. The fourth-order valence-electron chi connectivity index (χ4n) is 5.38. The molecule has 0 atom stereocenters. The van der Waals surface area contributed by atoms with Gasteiger partial charge >= 0.3 is 23.6 Å². The van der Waals surface area contributed by atoms with Crippen molar-refractivity contribution in [2.24, 2.45) is 0 Å². The van der Waals surface area contributed by atoms with Crippen LogP contribution >= 0.6 is 0 Å². The Hall–Kier alpha value is -7.97. The summed E-state index contributed by atoms with van der Waals surface area (Å²) in [7, 11) is 0. The van der Waals surface area contributed by atoms with Crippen LogP contribution in [0, 0.1) is 0 Å². The molecule has 0 spiro atoms. The number of carbonyl (C=O) groups excluding carboxylic acids is 2. The van der Waals surface area contributed by atoms with Crippen molar-refractivity contribution >= 4 is 56.6 Å². The quantitative estimate of drug-likeness (QED) is 0.0991. The van der Waals surface area contributed by atoms with Crippen LogP contribution in [0.2, 0.25) is 0 Å². The van der Waals surface area contributed by atoms with E-state index in [0.29, 0.717) is 34.1 Å². The van der Waals surface area contributed by atoms with Gasteiger partial charge in [-0.3, -0.25) is 19.7 Å². The van der Waals surface area contributed by atoms with Crippen LogP contribution in [0.15, 0.2) is 94.9 Å². The van der Waals surface area contributed by atoms with E-state index >= 15 is 0 Å². The van der Waals surface area contributed by atoms with Crippen molar-refractivity contribution in [1.82, 2.24) is 44.7 Å². The van der Waals surface area contributed by atoms with E-state index in [2.05, 4.69) is 45.3 Å². The van der Waals surface area contributed by atoms with E-state index in [9.17, 15) is 32.3 Å². The van der Waals surface area contributed by atoms with E-state index < -0.39 is 40.7 Å². The normalized spacial score (nSPS) is 11.6. The Morgan fingerprint density at radius 1 is 0.776 bits per heavy atom. The van der Waals surface area contributed by atoms with E-state index in [0.717, 1.165) is 22.9 Å². The lowest BCUT2D eigenvalue weighted by atomic mass is 10.1. The fourth-order valence-corrected chi connectivity index (χ4v) is 5.38. The number of hydrogen-bond acceptors (Lipinski definition) is 12. The second-order valence-electron chi connectivity index (χ2n) is 13.3. The highest BCUT2D eigenvalue weighted by Crippen LogP contribution is 2.33. The van der Waals surface area contributed by atoms with Crippen LogP contribution in [0.25, 0.3) is 33.2 Å². The Kier molecular flexibility index (Phi) is 9.86.